The van der Waals surface area contributed by atoms with Crippen LogP contribution >= 0.6 is 0 Å². The minimum Gasteiger partial charge on any atom is -0.396 e. The van der Waals surface area contributed by atoms with Crippen LogP contribution in [0.3, 0.4) is 0 Å². The van der Waals surface area contributed by atoms with Crippen LogP contribution in [0.25, 0.3) is 0 Å². The molecule has 2 aliphatic heterocycles. The van der Waals surface area contributed by atoms with Gasteiger partial charge in [0.1, 0.15) is 0 Å². The predicted molar refractivity (Wildman–Crippen MR) is 127 cm³/mol. The van der Waals surface area contributed by atoms with Gasteiger partial charge in [-0.1, -0.05) is 19.9 Å². The van der Waals surface area contributed by atoms with Crippen molar-refractivity contribution in [2.45, 2.75) is 78.4 Å². The number of nitrogens with zero attached hydrogens (tertiary/aromatic N) is 1. The first kappa shape index (κ1) is 22.2. The van der Waals surface area contributed by atoms with Gasteiger partial charge < -0.3 is 20.1 Å². The molecule has 1 aromatic rings. The summed E-state index contributed by atoms with van der Waals surface area (Å²) < 4.78 is 6.53. The number of fused-ring (bicyclic) bond motifs is 1. The van der Waals surface area contributed by atoms with E-state index in [1.807, 2.05) is 0 Å². The summed E-state index contributed by atoms with van der Waals surface area (Å²) in [6.07, 6.45) is 6.24. The molecular weight excluding hydrogens is 400 g/mol. The van der Waals surface area contributed by atoms with Gasteiger partial charge in [-0.2, -0.15) is 0 Å². The zero-order valence-corrected chi connectivity index (χ0v) is 20.2. The van der Waals surface area contributed by atoms with Crippen LogP contribution in [0.1, 0.15) is 75.2 Å². The van der Waals surface area contributed by atoms with Crippen molar-refractivity contribution in [1.29, 1.82) is 0 Å². The number of benzene rings is 1. The SMILES string of the molecule is Cc1cc(N2CCCC2)c(C)cc1[C@H]1OCCC23C[C@@H](C[C@H]12)C(C)(C)[C@@H]3NC(=O)CCO. The average molecular weight is 441 g/mol. The van der Waals surface area contributed by atoms with E-state index in [4.69, 9.17) is 4.74 Å². The molecule has 5 nitrogen and oxygen atoms in total. The Balaban J connectivity index is 1.47. The average Bonchev–Trinajstić information content (AvgIpc) is 3.45. The van der Waals surface area contributed by atoms with Gasteiger partial charge in [0.2, 0.25) is 5.91 Å². The summed E-state index contributed by atoms with van der Waals surface area (Å²) in [5, 5.41) is 12.6. The van der Waals surface area contributed by atoms with Gasteiger partial charge in [-0.05, 0) is 91.4 Å². The fraction of sp³-hybridized carbons (Fsp3) is 0.741. The normalized spacial score (nSPS) is 35.2. The molecule has 4 fully saturated rings. The minimum absolute atomic E-state index is 0.0173. The number of aliphatic hydroxyl groups excluding tert-OH is 1. The van der Waals surface area contributed by atoms with Crippen molar-refractivity contribution in [2.24, 2.45) is 22.7 Å². The number of aliphatic hydroxyl groups is 1. The maximum absolute atomic E-state index is 12.5. The van der Waals surface area contributed by atoms with Crippen LogP contribution in [0, 0.1) is 36.5 Å². The van der Waals surface area contributed by atoms with E-state index in [1.54, 1.807) is 0 Å². The van der Waals surface area contributed by atoms with Crippen molar-refractivity contribution < 1.29 is 14.6 Å². The van der Waals surface area contributed by atoms with Crippen LogP contribution in [0.2, 0.25) is 0 Å². The number of aryl methyl sites for hydroxylation is 2. The second-order valence-corrected chi connectivity index (χ2v) is 11.5. The summed E-state index contributed by atoms with van der Waals surface area (Å²) in [5.74, 6) is 1.02. The Kier molecular flexibility index (Phi) is 5.57. The lowest BCUT2D eigenvalue weighted by Crippen LogP contribution is -2.59. The number of amides is 1. The van der Waals surface area contributed by atoms with Crippen LogP contribution in [0.4, 0.5) is 5.69 Å². The van der Waals surface area contributed by atoms with Gasteiger partial charge >= 0.3 is 0 Å². The van der Waals surface area contributed by atoms with E-state index in [2.05, 4.69) is 50.0 Å². The summed E-state index contributed by atoms with van der Waals surface area (Å²) >= 11 is 0. The quantitative estimate of drug-likeness (QED) is 0.717. The highest BCUT2D eigenvalue weighted by atomic mass is 16.5. The van der Waals surface area contributed by atoms with Crippen molar-refractivity contribution in [3.8, 4) is 0 Å². The molecule has 4 aliphatic rings. The Bertz CT molecular complexity index is 891. The molecule has 1 amide bonds. The molecule has 0 aromatic heterocycles. The van der Waals surface area contributed by atoms with Gasteiger partial charge in [0.05, 0.1) is 12.7 Å². The van der Waals surface area contributed by atoms with E-state index in [9.17, 15) is 9.90 Å². The Morgan fingerprint density at radius 1 is 1.22 bits per heavy atom. The third-order valence-corrected chi connectivity index (χ3v) is 9.49. The third kappa shape index (κ3) is 3.30. The first-order valence-corrected chi connectivity index (χ1v) is 12.7. The van der Waals surface area contributed by atoms with Crippen LogP contribution in [0.5, 0.6) is 0 Å². The number of ether oxygens (including phenoxy) is 1. The molecule has 2 heterocycles. The summed E-state index contributed by atoms with van der Waals surface area (Å²) in [4.78, 5) is 15.1. The van der Waals surface area contributed by atoms with E-state index in [-0.39, 0.29) is 41.9 Å². The lowest BCUT2D eigenvalue weighted by Gasteiger charge is -2.53. The number of carbonyl (C=O) groups is 1. The van der Waals surface area contributed by atoms with Crippen molar-refractivity contribution in [3.05, 3.63) is 28.8 Å². The molecule has 2 bridgehead atoms. The molecule has 5 atom stereocenters. The zero-order chi connectivity index (χ0) is 22.7. The van der Waals surface area contributed by atoms with Crippen molar-refractivity contribution >= 4 is 11.6 Å². The van der Waals surface area contributed by atoms with Gasteiger partial charge in [0.15, 0.2) is 0 Å². The lowest BCUT2D eigenvalue weighted by molar-refractivity contribution is -0.137. The van der Waals surface area contributed by atoms with E-state index in [1.165, 1.54) is 48.1 Å². The number of hydrogen-bond acceptors (Lipinski definition) is 4. The van der Waals surface area contributed by atoms with Gasteiger partial charge in [-0.25, -0.2) is 0 Å². The van der Waals surface area contributed by atoms with Crippen molar-refractivity contribution in [3.63, 3.8) is 0 Å². The molecule has 1 spiro atoms. The molecule has 1 unspecified atom stereocenters. The number of anilines is 1. The van der Waals surface area contributed by atoms with Gasteiger partial charge in [0, 0.05) is 37.8 Å². The van der Waals surface area contributed by atoms with Gasteiger partial charge in [-0.3, -0.25) is 4.79 Å². The fourth-order valence-corrected chi connectivity index (χ4v) is 7.86. The van der Waals surface area contributed by atoms with Crippen LogP contribution in [-0.4, -0.2) is 43.4 Å². The van der Waals surface area contributed by atoms with E-state index in [0.29, 0.717) is 11.8 Å². The van der Waals surface area contributed by atoms with Crippen LogP contribution in [-0.2, 0) is 9.53 Å². The van der Waals surface area contributed by atoms with Crippen LogP contribution in [0.15, 0.2) is 12.1 Å². The second kappa shape index (κ2) is 8.02. The lowest BCUT2D eigenvalue weighted by atomic mass is 9.58. The van der Waals surface area contributed by atoms with E-state index < -0.39 is 0 Å². The molecule has 2 saturated heterocycles. The zero-order valence-electron chi connectivity index (χ0n) is 20.2. The molecule has 5 heteroatoms. The summed E-state index contributed by atoms with van der Waals surface area (Å²) in [6, 6.07) is 4.93. The minimum atomic E-state index is -0.0909. The Morgan fingerprint density at radius 2 is 1.97 bits per heavy atom. The molecule has 5 rings (SSSR count). The number of nitrogens with one attached hydrogen (secondary N) is 1. The standard InChI is InChI=1S/C27H40N2O3/c1-17-14-22(29-9-5-6-10-29)18(2)13-20(17)24-21-15-19-16-27(21,8-12-32-24)25(26(19,3)4)28-23(31)7-11-30/h13-14,19,21,24-25,30H,5-12,15-16H2,1-4H3,(H,28,31)/t19-,21-,24-,25+,27?/m1/s1. The summed E-state index contributed by atoms with van der Waals surface area (Å²) in [5.41, 5.74) is 5.59. The van der Waals surface area contributed by atoms with Crippen LogP contribution < -0.4 is 10.2 Å². The molecule has 0 radical (unpaired) electrons. The molecule has 176 valence electrons. The molecule has 2 saturated carbocycles. The molecular formula is C27H40N2O3. The first-order chi connectivity index (χ1) is 15.3. The molecule has 2 N–H and O–H groups in total. The highest BCUT2D eigenvalue weighted by Gasteiger charge is 2.68. The summed E-state index contributed by atoms with van der Waals surface area (Å²) in [6.45, 7) is 12.1. The topological polar surface area (TPSA) is 61.8 Å². The number of hydrogen-bond donors (Lipinski definition) is 2. The fourth-order valence-electron chi connectivity index (χ4n) is 7.86. The summed E-state index contributed by atoms with van der Waals surface area (Å²) in [7, 11) is 0. The predicted octanol–water partition coefficient (Wildman–Crippen LogP) is 4.28. The van der Waals surface area contributed by atoms with Gasteiger partial charge in [-0.15, -0.1) is 0 Å². The molecule has 2 aliphatic carbocycles. The van der Waals surface area contributed by atoms with Crippen molar-refractivity contribution in [2.75, 3.05) is 31.2 Å². The molecule has 1 aromatic carbocycles. The highest BCUT2D eigenvalue weighted by molar-refractivity contribution is 5.76. The van der Waals surface area contributed by atoms with E-state index >= 15 is 0 Å². The monoisotopic (exact) mass is 440 g/mol. The van der Waals surface area contributed by atoms with Gasteiger partial charge in [0.25, 0.3) is 0 Å². The smallest absolute Gasteiger partial charge is 0.222 e. The Hall–Kier alpha value is -1.59. The number of rotatable bonds is 5. The maximum atomic E-state index is 12.5. The largest absolute Gasteiger partial charge is 0.396 e. The second-order valence-electron chi connectivity index (χ2n) is 11.5. The molecule has 32 heavy (non-hydrogen) atoms. The maximum Gasteiger partial charge on any atom is 0.222 e. The Morgan fingerprint density at radius 3 is 2.69 bits per heavy atom. The number of carbonyl (C=O) groups excluding carboxylic acids is 1. The third-order valence-electron chi connectivity index (χ3n) is 9.49. The Labute approximate surface area is 192 Å². The highest BCUT2D eigenvalue weighted by Crippen LogP contribution is 2.70. The first-order valence-electron chi connectivity index (χ1n) is 12.7. The van der Waals surface area contributed by atoms with Crippen molar-refractivity contribution in [1.82, 2.24) is 5.32 Å². The van der Waals surface area contributed by atoms with E-state index in [0.717, 1.165) is 26.1 Å².